The van der Waals surface area contributed by atoms with E-state index in [2.05, 4.69) is 20.0 Å². The van der Waals surface area contributed by atoms with Gasteiger partial charge in [-0.1, -0.05) is 0 Å². The number of sulfonamides is 1. The van der Waals surface area contributed by atoms with Crippen LogP contribution in [0.25, 0.3) is 0 Å². The quantitative estimate of drug-likeness (QED) is 0.703. The molecule has 9 heteroatoms. The number of nitrogens with one attached hydrogen (secondary N) is 2. The van der Waals surface area contributed by atoms with Crippen LogP contribution in [-0.4, -0.2) is 33.5 Å². The molecule has 0 aromatic carbocycles. The van der Waals surface area contributed by atoms with E-state index in [-0.39, 0.29) is 17.1 Å². The number of H-pyrrole nitrogens is 1. The van der Waals surface area contributed by atoms with Gasteiger partial charge in [0.2, 0.25) is 10.0 Å². The Kier molecular flexibility index (Phi) is 3.93. The van der Waals surface area contributed by atoms with E-state index in [0.29, 0.717) is 5.69 Å². The summed E-state index contributed by atoms with van der Waals surface area (Å²) in [6.07, 6.45) is 1.62. The van der Waals surface area contributed by atoms with E-state index in [4.69, 9.17) is 5.11 Å². The van der Waals surface area contributed by atoms with Crippen molar-refractivity contribution in [3.8, 4) is 0 Å². The molecular weight excluding hydrogens is 282 g/mol. The predicted molar refractivity (Wildman–Crippen MR) is 71.2 cm³/mol. The smallest absolute Gasteiger partial charge is 0.244 e. The largest absolute Gasteiger partial charge is 0.390 e. The lowest BCUT2D eigenvalue weighted by atomic mass is 10.3. The molecular formula is C11H17N5O3S. The van der Waals surface area contributed by atoms with E-state index in [9.17, 15) is 8.42 Å². The van der Waals surface area contributed by atoms with Crippen molar-refractivity contribution < 1.29 is 13.5 Å². The number of aliphatic hydroxyl groups is 1. The lowest BCUT2D eigenvalue weighted by molar-refractivity contribution is 0.273. The van der Waals surface area contributed by atoms with E-state index in [1.807, 2.05) is 6.92 Å². The first-order valence-electron chi connectivity index (χ1n) is 5.98. The first-order chi connectivity index (χ1) is 9.36. The lowest BCUT2D eigenvalue weighted by Crippen LogP contribution is -2.24. The third kappa shape index (κ3) is 2.60. The van der Waals surface area contributed by atoms with Gasteiger partial charge in [0.25, 0.3) is 0 Å². The van der Waals surface area contributed by atoms with Crippen molar-refractivity contribution in [1.82, 2.24) is 24.7 Å². The van der Waals surface area contributed by atoms with Crippen LogP contribution in [-0.2, 0) is 30.2 Å². The van der Waals surface area contributed by atoms with Gasteiger partial charge in [-0.05, 0) is 13.8 Å². The zero-order chi connectivity index (χ0) is 14.9. The summed E-state index contributed by atoms with van der Waals surface area (Å²) in [6.45, 7) is 3.15. The second kappa shape index (κ2) is 5.35. The molecule has 0 aliphatic carbocycles. The normalized spacial score (nSPS) is 12.0. The summed E-state index contributed by atoms with van der Waals surface area (Å²) in [7, 11) is -1.95. The summed E-state index contributed by atoms with van der Waals surface area (Å²) in [5, 5.41) is 19.5. The average Bonchev–Trinajstić information content (AvgIpc) is 2.93. The molecule has 20 heavy (non-hydrogen) atoms. The van der Waals surface area contributed by atoms with Crippen LogP contribution in [0.4, 0.5) is 0 Å². The molecule has 0 aliphatic heterocycles. The topological polar surface area (TPSA) is 113 Å². The van der Waals surface area contributed by atoms with Crippen LogP contribution in [0, 0.1) is 13.8 Å². The number of aromatic nitrogens is 4. The average molecular weight is 299 g/mol. The minimum atomic E-state index is -3.74. The Labute approximate surface area is 116 Å². The molecule has 2 aromatic heterocycles. The van der Waals surface area contributed by atoms with E-state index in [1.54, 1.807) is 24.9 Å². The summed E-state index contributed by atoms with van der Waals surface area (Å²) in [5.41, 5.74) is 2.18. The minimum absolute atomic E-state index is 0.00143. The fourth-order valence-electron chi connectivity index (χ4n) is 1.90. The number of rotatable bonds is 5. The molecule has 0 saturated carbocycles. The van der Waals surface area contributed by atoms with Crippen molar-refractivity contribution in [3.05, 3.63) is 28.8 Å². The van der Waals surface area contributed by atoms with Crippen LogP contribution in [0.3, 0.4) is 0 Å². The van der Waals surface area contributed by atoms with Crippen molar-refractivity contribution >= 4 is 10.0 Å². The van der Waals surface area contributed by atoms with Gasteiger partial charge in [-0.2, -0.15) is 10.2 Å². The van der Waals surface area contributed by atoms with Crippen LogP contribution < -0.4 is 4.72 Å². The van der Waals surface area contributed by atoms with E-state index < -0.39 is 16.6 Å². The zero-order valence-electron chi connectivity index (χ0n) is 11.5. The molecule has 0 aliphatic rings. The summed E-state index contributed by atoms with van der Waals surface area (Å²) in [5.74, 6) is 0. The van der Waals surface area contributed by atoms with Crippen LogP contribution in [0.2, 0.25) is 0 Å². The maximum Gasteiger partial charge on any atom is 0.244 e. The molecule has 0 unspecified atom stereocenters. The molecule has 2 rings (SSSR count). The van der Waals surface area contributed by atoms with Crippen molar-refractivity contribution in [2.75, 3.05) is 0 Å². The number of hydrogen-bond donors (Lipinski definition) is 3. The summed E-state index contributed by atoms with van der Waals surface area (Å²) < 4.78 is 28.7. The molecule has 2 heterocycles. The van der Waals surface area contributed by atoms with Gasteiger partial charge >= 0.3 is 0 Å². The van der Waals surface area contributed by atoms with E-state index >= 15 is 0 Å². The number of hydrogen-bond acceptors (Lipinski definition) is 5. The lowest BCUT2D eigenvalue weighted by Gasteiger charge is -2.07. The Hall–Kier alpha value is -1.71. The molecule has 0 atom stereocenters. The summed E-state index contributed by atoms with van der Waals surface area (Å²) in [4.78, 5) is 0.00143. The molecule has 3 N–H and O–H groups in total. The number of aromatic amines is 1. The van der Waals surface area contributed by atoms with Crippen LogP contribution in [0.5, 0.6) is 0 Å². The molecule has 0 bridgehead atoms. The van der Waals surface area contributed by atoms with Crippen LogP contribution in [0.1, 0.15) is 22.6 Å². The Morgan fingerprint density at radius 3 is 2.70 bits per heavy atom. The van der Waals surface area contributed by atoms with Crippen molar-refractivity contribution in [2.45, 2.75) is 31.9 Å². The van der Waals surface area contributed by atoms with E-state index in [1.165, 1.54) is 0 Å². The highest BCUT2D eigenvalue weighted by atomic mass is 32.2. The van der Waals surface area contributed by atoms with E-state index in [0.717, 1.165) is 11.3 Å². The molecule has 8 nitrogen and oxygen atoms in total. The Balaban J connectivity index is 2.24. The molecule has 0 spiro atoms. The molecule has 0 amide bonds. The molecule has 0 saturated heterocycles. The van der Waals surface area contributed by atoms with Gasteiger partial charge in [-0.3, -0.25) is 9.78 Å². The van der Waals surface area contributed by atoms with Gasteiger partial charge in [-0.25, -0.2) is 13.1 Å². The Bertz CT molecular complexity index is 716. The van der Waals surface area contributed by atoms with Gasteiger partial charge in [0, 0.05) is 24.8 Å². The number of aliphatic hydroxyl groups excluding tert-OH is 1. The summed E-state index contributed by atoms with van der Waals surface area (Å²) in [6, 6.07) is 0. The van der Waals surface area contributed by atoms with Gasteiger partial charge in [0.1, 0.15) is 10.6 Å². The maximum absolute atomic E-state index is 12.3. The predicted octanol–water partition coefficient (Wildman–Crippen LogP) is -0.269. The highest BCUT2D eigenvalue weighted by molar-refractivity contribution is 7.89. The first kappa shape index (κ1) is 14.7. The fourth-order valence-corrected chi connectivity index (χ4v) is 3.25. The Morgan fingerprint density at radius 1 is 1.45 bits per heavy atom. The zero-order valence-corrected chi connectivity index (χ0v) is 12.3. The standard InChI is InChI=1S/C11H17N5O3S/c1-7-11(10(6-17)15-14-7)20(18,19)13-5-9-4-12-16(3)8(9)2/h4,13,17H,5-6H2,1-3H3,(H,14,15). The van der Waals surface area contributed by atoms with Gasteiger partial charge in [-0.15, -0.1) is 0 Å². The second-order valence-electron chi connectivity index (χ2n) is 4.49. The first-order valence-corrected chi connectivity index (χ1v) is 7.47. The minimum Gasteiger partial charge on any atom is -0.390 e. The third-order valence-corrected chi connectivity index (χ3v) is 4.77. The van der Waals surface area contributed by atoms with Crippen LogP contribution >= 0.6 is 0 Å². The van der Waals surface area contributed by atoms with Gasteiger partial charge in [0.15, 0.2) is 0 Å². The highest BCUT2D eigenvalue weighted by Gasteiger charge is 2.24. The van der Waals surface area contributed by atoms with Crippen molar-refractivity contribution in [1.29, 1.82) is 0 Å². The van der Waals surface area contributed by atoms with Gasteiger partial charge < -0.3 is 5.11 Å². The third-order valence-electron chi connectivity index (χ3n) is 3.17. The van der Waals surface area contributed by atoms with Crippen LogP contribution in [0.15, 0.2) is 11.1 Å². The molecule has 0 radical (unpaired) electrons. The molecule has 2 aromatic rings. The second-order valence-corrected chi connectivity index (χ2v) is 6.19. The monoisotopic (exact) mass is 299 g/mol. The maximum atomic E-state index is 12.3. The van der Waals surface area contributed by atoms with Crippen molar-refractivity contribution in [2.24, 2.45) is 7.05 Å². The fraction of sp³-hybridized carbons (Fsp3) is 0.455. The number of nitrogens with zero attached hydrogens (tertiary/aromatic N) is 3. The molecule has 0 fully saturated rings. The van der Waals surface area contributed by atoms with Gasteiger partial charge in [0.05, 0.1) is 18.5 Å². The Morgan fingerprint density at radius 2 is 2.15 bits per heavy atom. The SMILES string of the molecule is Cc1[nH]nc(CO)c1S(=O)(=O)NCc1cnn(C)c1C. The van der Waals surface area contributed by atoms with Crippen molar-refractivity contribution in [3.63, 3.8) is 0 Å². The number of aryl methyl sites for hydroxylation is 2. The molecule has 110 valence electrons. The summed E-state index contributed by atoms with van der Waals surface area (Å²) >= 11 is 0. The highest BCUT2D eigenvalue weighted by Crippen LogP contribution is 2.18.